The fourth-order valence-electron chi connectivity index (χ4n) is 1.88. The molecule has 0 unspecified atom stereocenters. The monoisotopic (exact) mass is 319 g/mol. The van der Waals surface area contributed by atoms with E-state index in [0.29, 0.717) is 23.7 Å². The highest BCUT2D eigenvalue weighted by molar-refractivity contribution is 9.09. The minimum absolute atomic E-state index is 0.609. The van der Waals surface area contributed by atoms with Crippen molar-refractivity contribution < 1.29 is 9.47 Å². The van der Waals surface area contributed by atoms with Crippen molar-refractivity contribution in [3.05, 3.63) is 35.9 Å². The number of halogens is 1. The molecule has 19 heavy (non-hydrogen) atoms. The van der Waals surface area contributed by atoms with Gasteiger partial charge in [0.15, 0.2) is 11.5 Å². The molecule has 0 radical (unpaired) electrons. The van der Waals surface area contributed by atoms with Crippen LogP contribution in [0, 0.1) is 11.3 Å². The lowest BCUT2D eigenvalue weighted by Gasteiger charge is -2.13. The number of fused-ring (bicyclic) bond motifs is 1. The Morgan fingerprint density at radius 2 is 2.05 bits per heavy atom. The predicted octanol–water partition coefficient (Wildman–Crippen LogP) is 3.88. The molecule has 0 amide bonds. The van der Waals surface area contributed by atoms with Gasteiger partial charge in [0.1, 0.15) is 0 Å². The summed E-state index contributed by atoms with van der Waals surface area (Å²) in [6.07, 6.45) is 0.914. The summed E-state index contributed by atoms with van der Waals surface area (Å²) in [6.45, 7) is 0.609. The Morgan fingerprint density at radius 3 is 2.74 bits per heavy atom. The van der Waals surface area contributed by atoms with Crippen LogP contribution in [0.25, 0.3) is 10.8 Å². The van der Waals surface area contributed by atoms with Gasteiger partial charge in [0.2, 0.25) is 0 Å². The largest absolute Gasteiger partial charge is 0.493 e. The molecule has 2 aromatic rings. The molecule has 3 nitrogen and oxygen atoms in total. The van der Waals surface area contributed by atoms with Gasteiger partial charge < -0.3 is 9.47 Å². The van der Waals surface area contributed by atoms with Gasteiger partial charge in [-0.1, -0.05) is 28.1 Å². The molecule has 0 aliphatic rings. The fraction of sp³-hybridized carbons (Fsp3) is 0.267. The van der Waals surface area contributed by atoms with Crippen molar-refractivity contribution in [2.75, 3.05) is 19.0 Å². The minimum atomic E-state index is 0.609. The van der Waals surface area contributed by atoms with E-state index >= 15 is 0 Å². The number of benzene rings is 2. The van der Waals surface area contributed by atoms with Gasteiger partial charge >= 0.3 is 0 Å². The van der Waals surface area contributed by atoms with Crippen LogP contribution in [0.4, 0.5) is 0 Å². The number of methoxy groups -OCH3 is 1. The summed E-state index contributed by atoms with van der Waals surface area (Å²) in [5, 5.41) is 11.8. The second kappa shape index (κ2) is 6.44. The number of nitrogens with zero attached hydrogens (tertiary/aromatic N) is 1. The van der Waals surface area contributed by atoms with E-state index in [2.05, 4.69) is 22.0 Å². The molecule has 2 aromatic carbocycles. The van der Waals surface area contributed by atoms with Crippen LogP contribution in [0.2, 0.25) is 0 Å². The van der Waals surface area contributed by atoms with Crippen LogP contribution in [0.3, 0.4) is 0 Å². The molecule has 0 aliphatic heterocycles. The van der Waals surface area contributed by atoms with Gasteiger partial charge in [0.05, 0.1) is 25.3 Å². The molecule has 0 saturated heterocycles. The Hall–Kier alpha value is -1.73. The third kappa shape index (κ3) is 2.99. The zero-order chi connectivity index (χ0) is 13.7. The van der Waals surface area contributed by atoms with E-state index in [1.807, 2.05) is 24.3 Å². The Kier molecular flexibility index (Phi) is 4.64. The summed E-state index contributed by atoms with van der Waals surface area (Å²) in [6, 6.07) is 11.6. The number of nitriles is 1. The van der Waals surface area contributed by atoms with Crippen LogP contribution in [0.5, 0.6) is 11.5 Å². The van der Waals surface area contributed by atoms with E-state index in [4.69, 9.17) is 14.7 Å². The van der Waals surface area contributed by atoms with Gasteiger partial charge in [-0.25, -0.2) is 0 Å². The quantitative estimate of drug-likeness (QED) is 0.620. The molecule has 0 N–H and O–H groups in total. The average molecular weight is 320 g/mol. The van der Waals surface area contributed by atoms with Crippen molar-refractivity contribution in [3.63, 3.8) is 0 Å². The first kappa shape index (κ1) is 13.7. The van der Waals surface area contributed by atoms with Gasteiger partial charge in [0.25, 0.3) is 0 Å². The maximum Gasteiger partial charge on any atom is 0.168 e. The number of ether oxygens (including phenoxy) is 2. The fourth-order valence-corrected chi connectivity index (χ4v) is 2.11. The lowest BCUT2D eigenvalue weighted by atomic mass is 10.1. The molecule has 0 spiro atoms. The Bertz CT molecular complexity index is 619. The van der Waals surface area contributed by atoms with Crippen molar-refractivity contribution in [2.24, 2.45) is 0 Å². The van der Waals surface area contributed by atoms with Gasteiger partial charge in [-0.05, 0) is 30.0 Å². The van der Waals surface area contributed by atoms with Gasteiger partial charge in [-0.15, -0.1) is 0 Å². The SMILES string of the molecule is COc1ccc2ccc(C#N)cc2c1OCCCBr. The van der Waals surface area contributed by atoms with Crippen LogP contribution in [-0.2, 0) is 0 Å². The molecule has 98 valence electrons. The lowest BCUT2D eigenvalue weighted by Crippen LogP contribution is -2.00. The zero-order valence-corrected chi connectivity index (χ0v) is 12.2. The van der Waals surface area contributed by atoms with E-state index < -0.39 is 0 Å². The molecule has 0 fully saturated rings. The smallest absolute Gasteiger partial charge is 0.168 e. The van der Waals surface area contributed by atoms with Crippen LogP contribution in [0.1, 0.15) is 12.0 Å². The predicted molar refractivity (Wildman–Crippen MR) is 79.1 cm³/mol. The average Bonchev–Trinajstić information content (AvgIpc) is 2.47. The molecule has 4 heteroatoms. The van der Waals surface area contributed by atoms with E-state index in [0.717, 1.165) is 22.5 Å². The standard InChI is InChI=1S/C15H14BrNO2/c1-18-14-6-5-12-4-3-11(10-17)9-13(12)15(14)19-8-2-7-16/h3-6,9H,2,7-8H2,1H3. The van der Waals surface area contributed by atoms with Gasteiger partial charge in [0, 0.05) is 10.7 Å². The van der Waals surface area contributed by atoms with Crippen molar-refractivity contribution in [1.82, 2.24) is 0 Å². The molecular weight excluding hydrogens is 306 g/mol. The summed E-state index contributed by atoms with van der Waals surface area (Å²) in [5.74, 6) is 1.40. The Labute approximate surface area is 120 Å². The molecule has 0 atom stereocenters. The maximum atomic E-state index is 9.00. The molecule has 0 heterocycles. The molecule has 2 rings (SSSR count). The van der Waals surface area contributed by atoms with Crippen LogP contribution in [0.15, 0.2) is 30.3 Å². The van der Waals surface area contributed by atoms with E-state index in [9.17, 15) is 0 Å². The second-order valence-corrected chi connectivity index (χ2v) is 4.83. The zero-order valence-electron chi connectivity index (χ0n) is 10.6. The molecule has 0 bridgehead atoms. The lowest BCUT2D eigenvalue weighted by molar-refractivity contribution is 0.299. The van der Waals surface area contributed by atoms with E-state index in [1.165, 1.54) is 0 Å². The molecular formula is C15H14BrNO2. The summed E-state index contributed by atoms with van der Waals surface area (Å²) in [7, 11) is 1.62. The number of alkyl halides is 1. The first-order valence-electron chi connectivity index (χ1n) is 5.99. The minimum Gasteiger partial charge on any atom is -0.493 e. The van der Waals surface area contributed by atoms with Crippen molar-refractivity contribution in [3.8, 4) is 17.6 Å². The molecule has 0 saturated carbocycles. The highest BCUT2D eigenvalue weighted by Crippen LogP contribution is 2.36. The van der Waals surface area contributed by atoms with Gasteiger partial charge in [-0.2, -0.15) is 5.26 Å². The highest BCUT2D eigenvalue weighted by atomic mass is 79.9. The second-order valence-electron chi connectivity index (χ2n) is 4.04. The normalized spacial score (nSPS) is 10.2. The van der Waals surface area contributed by atoms with Crippen LogP contribution in [-0.4, -0.2) is 19.0 Å². The summed E-state index contributed by atoms with van der Waals surface area (Å²) in [4.78, 5) is 0. The van der Waals surface area contributed by atoms with Crippen LogP contribution < -0.4 is 9.47 Å². The summed E-state index contributed by atoms with van der Waals surface area (Å²) in [5.41, 5.74) is 0.617. The number of hydrogen-bond donors (Lipinski definition) is 0. The highest BCUT2D eigenvalue weighted by Gasteiger charge is 2.10. The number of hydrogen-bond acceptors (Lipinski definition) is 3. The van der Waals surface area contributed by atoms with Gasteiger partial charge in [-0.3, -0.25) is 0 Å². The first-order valence-corrected chi connectivity index (χ1v) is 7.12. The third-order valence-electron chi connectivity index (χ3n) is 2.81. The molecule has 0 aliphatic carbocycles. The Balaban J connectivity index is 2.51. The summed E-state index contributed by atoms with van der Waals surface area (Å²) < 4.78 is 11.2. The van der Waals surface area contributed by atoms with Crippen LogP contribution >= 0.6 is 15.9 Å². The molecule has 0 aromatic heterocycles. The van der Waals surface area contributed by atoms with Crippen molar-refractivity contribution in [1.29, 1.82) is 5.26 Å². The van der Waals surface area contributed by atoms with Crippen molar-refractivity contribution >= 4 is 26.7 Å². The summed E-state index contributed by atoms with van der Waals surface area (Å²) >= 11 is 3.38. The topological polar surface area (TPSA) is 42.2 Å². The van der Waals surface area contributed by atoms with Crippen molar-refractivity contribution in [2.45, 2.75) is 6.42 Å². The Morgan fingerprint density at radius 1 is 1.26 bits per heavy atom. The van der Waals surface area contributed by atoms with E-state index in [-0.39, 0.29) is 0 Å². The third-order valence-corrected chi connectivity index (χ3v) is 3.37. The van der Waals surface area contributed by atoms with E-state index in [1.54, 1.807) is 13.2 Å². The first-order chi connectivity index (χ1) is 9.30. The number of rotatable bonds is 5. The maximum absolute atomic E-state index is 9.00.